The average Bonchev–Trinajstić information content (AvgIpc) is 3.59. The molecule has 1 spiro atoms. The Balaban J connectivity index is 1.24. The summed E-state index contributed by atoms with van der Waals surface area (Å²) in [7, 11) is -0.349. The molecule has 0 unspecified atom stereocenters. The molecule has 0 bridgehead atoms. The minimum Gasteiger partial charge on any atom is -0.497 e. The normalized spacial score (nSPS) is 29.5. The van der Waals surface area contributed by atoms with Crippen LogP contribution >= 0.6 is 0 Å². The van der Waals surface area contributed by atoms with Gasteiger partial charge in [0.25, 0.3) is 0 Å². The fraction of sp³-hybridized carbons (Fsp3) is 0.706. The number of hydrogen-bond donors (Lipinski definition) is 0. The number of ether oxygens (including phenoxy) is 5. The molecule has 4 atom stereocenters. The molecule has 1 aliphatic carbocycles. The van der Waals surface area contributed by atoms with E-state index in [9.17, 15) is 9.59 Å². The lowest BCUT2D eigenvalue weighted by atomic mass is 9.77. The molecule has 10 heteroatoms. The van der Waals surface area contributed by atoms with Gasteiger partial charge in [-0.3, -0.25) is 9.69 Å². The monoisotopic (exact) mass is 627 g/mol. The maximum atomic E-state index is 14.1. The molecule has 0 radical (unpaired) electrons. The third kappa shape index (κ3) is 5.24. The zero-order valence-electron chi connectivity index (χ0n) is 27.7. The standard InChI is InChI=1S/C34H49NO8Si/c1-31(2,3)44(7,8)43-32(4,5)12-9-14-34(20-27(36)42-34)30(37)41-29-26(38-6)19-33-13-10-15-35(33)16-11-22-17-24-25(40-21-39-24)18-23(22)28(29)33/h17-19,28-29H,9-16,20-21H2,1-8H3/t28-,29-,33+,34-/m1/s1. The number of rotatable bonds is 9. The molecule has 0 amide bonds. The lowest BCUT2D eigenvalue weighted by Crippen LogP contribution is -2.56. The maximum absolute atomic E-state index is 14.1. The van der Waals surface area contributed by atoms with Crippen molar-refractivity contribution < 1.29 is 37.7 Å². The Hall–Kier alpha value is -2.56. The number of nitrogens with zero attached hydrogens (tertiary/aromatic N) is 1. The van der Waals surface area contributed by atoms with Gasteiger partial charge in [-0.1, -0.05) is 20.8 Å². The van der Waals surface area contributed by atoms with E-state index in [-0.39, 0.29) is 41.3 Å². The van der Waals surface area contributed by atoms with Crippen molar-refractivity contribution in [3.05, 3.63) is 35.1 Å². The zero-order valence-corrected chi connectivity index (χ0v) is 28.7. The zero-order chi connectivity index (χ0) is 31.7. The van der Waals surface area contributed by atoms with Crippen LogP contribution in [0.2, 0.25) is 18.1 Å². The summed E-state index contributed by atoms with van der Waals surface area (Å²) in [6.07, 6.45) is 6.20. The van der Waals surface area contributed by atoms with Crippen LogP contribution in [0.15, 0.2) is 24.0 Å². The van der Waals surface area contributed by atoms with Gasteiger partial charge in [-0.2, -0.15) is 0 Å². The summed E-state index contributed by atoms with van der Waals surface area (Å²) in [6.45, 7) is 17.5. The number of carbonyl (C=O) groups is 2. The van der Waals surface area contributed by atoms with Gasteiger partial charge in [0.1, 0.15) is 5.76 Å². The number of methoxy groups -OCH3 is 1. The molecule has 242 valence electrons. The molecule has 0 aromatic heterocycles. The van der Waals surface area contributed by atoms with Crippen molar-refractivity contribution in [3.8, 4) is 11.5 Å². The quantitative estimate of drug-likeness (QED) is 0.241. The highest BCUT2D eigenvalue weighted by Gasteiger charge is 2.61. The van der Waals surface area contributed by atoms with E-state index in [1.54, 1.807) is 7.11 Å². The number of cyclic esters (lactones) is 1. The average molecular weight is 628 g/mol. The van der Waals surface area contributed by atoms with Gasteiger partial charge in [0.2, 0.25) is 12.4 Å². The molecule has 2 saturated heterocycles. The smallest absolute Gasteiger partial charge is 0.351 e. The second-order valence-electron chi connectivity index (χ2n) is 15.4. The van der Waals surface area contributed by atoms with Crippen LogP contribution < -0.4 is 9.47 Å². The van der Waals surface area contributed by atoms with Crippen LogP contribution in [0.4, 0.5) is 0 Å². The van der Waals surface area contributed by atoms with Crippen LogP contribution in [0, 0.1) is 0 Å². The Morgan fingerprint density at radius 2 is 1.82 bits per heavy atom. The highest BCUT2D eigenvalue weighted by atomic mass is 28.4. The minimum absolute atomic E-state index is 0.0192. The molecule has 0 N–H and O–H groups in total. The van der Waals surface area contributed by atoms with Crippen molar-refractivity contribution in [2.24, 2.45) is 0 Å². The number of fused-ring (bicyclic) bond motifs is 3. The van der Waals surface area contributed by atoms with E-state index < -0.39 is 26.0 Å². The summed E-state index contributed by atoms with van der Waals surface area (Å²) < 4.78 is 36.3. The Labute approximate surface area is 262 Å². The Morgan fingerprint density at radius 1 is 1.11 bits per heavy atom. The van der Waals surface area contributed by atoms with Crippen molar-refractivity contribution in [3.63, 3.8) is 0 Å². The van der Waals surface area contributed by atoms with Crippen molar-refractivity contribution in [2.45, 2.75) is 126 Å². The predicted octanol–water partition coefficient (Wildman–Crippen LogP) is 6.00. The van der Waals surface area contributed by atoms with Gasteiger partial charge >= 0.3 is 11.9 Å². The molecule has 4 heterocycles. The molecule has 4 aliphatic heterocycles. The van der Waals surface area contributed by atoms with Gasteiger partial charge in [0, 0.05) is 6.54 Å². The van der Waals surface area contributed by atoms with Crippen molar-refractivity contribution >= 4 is 20.3 Å². The van der Waals surface area contributed by atoms with E-state index in [4.69, 9.17) is 28.1 Å². The van der Waals surface area contributed by atoms with Crippen molar-refractivity contribution in [2.75, 3.05) is 27.0 Å². The largest absolute Gasteiger partial charge is 0.497 e. The first-order chi connectivity index (χ1) is 20.6. The molecule has 9 nitrogen and oxygen atoms in total. The molecule has 44 heavy (non-hydrogen) atoms. The first kappa shape index (κ1) is 31.4. The Kier molecular flexibility index (Phi) is 7.69. The Bertz CT molecular complexity index is 1360. The second-order valence-corrected chi connectivity index (χ2v) is 20.1. The van der Waals surface area contributed by atoms with Gasteiger partial charge in [-0.25, -0.2) is 4.79 Å². The molecule has 2 fully saturated rings. The van der Waals surface area contributed by atoms with Crippen LogP contribution in [-0.2, 0) is 34.6 Å². The second kappa shape index (κ2) is 10.8. The topological polar surface area (TPSA) is 92.8 Å². The first-order valence-electron chi connectivity index (χ1n) is 16.2. The number of hydrogen-bond acceptors (Lipinski definition) is 9. The Morgan fingerprint density at radius 3 is 2.48 bits per heavy atom. The fourth-order valence-corrected chi connectivity index (χ4v) is 9.60. The van der Waals surface area contributed by atoms with Crippen LogP contribution in [-0.4, -0.2) is 75.0 Å². The SMILES string of the molecule is COC1=C[C@]23CCCN2CCc2cc4c(cc2[C@@H]3[C@@H]1OC(=O)[C@@]1(CCCC(C)(C)O[Si](C)(C)C(C)(C)C)CC(=O)O1)OCO4. The molecular weight excluding hydrogens is 578 g/mol. The van der Waals surface area contributed by atoms with Gasteiger partial charge in [-0.15, -0.1) is 0 Å². The van der Waals surface area contributed by atoms with Gasteiger partial charge in [-0.05, 0) is 106 Å². The minimum atomic E-state index is -1.99. The van der Waals surface area contributed by atoms with Gasteiger partial charge in [0.15, 0.2) is 25.9 Å². The van der Waals surface area contributed by atoms with Crippen molar-refractivity contribution in [1.82, 2.24) is 4.90 Å². The van der Waals surface area contributed by atoms with E-state index in [0.717, 1.165) is 50.1 Å². The van der Waals surface area contributed by atoms with Crippen LogP contribution in [0.5, 0.6) is 11.5 Å². The molecule has 5 aliphatic rings. The maximum Gasteiger partial charge on any atom is 0.351 e. The lowest BCUT2D eigenvalue weighted by molar-refractivity contribution is -0.212. The summed E-state index contributed by atoms with van der Waals surface area (Å²) >= 11 is 0. The third-order valence-corrected chi connectivity index (χ3v) is 15.7. The number of benzene rings is 1. The van der Waals surface area contributed by atoms with E-state index in [0.29, 0.717) is 24.4 Å². The van der Waals surface area contributed by atoms with E-state index in [1.807, 2.05) is 0 Å². The summed E-state index contributed by atoms with van der Waals surface area (Å²) in [5, 5.41) is 0.0920. The predicted molar refractivity (Wildman–Crippen MR) is 167 cm³/mol. The van der Waals surface area contributed by atoms with Crippen LogP contribution in [0.3, 0.4) is 0 Å². The summed E-state index contributed by atoms with van der Waals surface area (Å²) in [4.78, 5) is 28.8. The first-order valence-corrected chi connectivity index (χ1v) is 19.1. The highest BCUT2D eigenvalue weighted by Crippen LogP contribution is 2.56. The molecular formula is C34H49NO8Si. The fourth-order valence-electron chi connectivity index (χ4n) is 7.81. The summed E-state index contributed by atoms with van der Waals surface area (Å²) in [5.74, 6) is 1.06. The van der Waals surface area contributed by atoms with Crippen LogP contribution in [0.25, 0.3) is 0 Å². The lowest BCUT2D eigenvalue weighted by Gasteiger charge is -2.44. The van der Waals surface area contributed by atoms with Gasteiger partial charge < -0.3 is 28.1 Å². The summed E-state index contributed by atoms with van der Waals surface area (Å²) in [6, 6.07) is 4.16. The summed E-state index contributed by atoms with van der Waals surface area (Å²) in [5.41, 5.74) is 0.283. The number of esters is 2. The molecule has 0 saturated carbocycles. The molecule has 6 rings (SSSR count). The third-order valence-electron chi connectivity index (χ3n) is 11.0. The van der Waals surface area contributed by atoms with Crippen molar-refractivity contribution in [1.29, 1.82) is 0 Å². The van der Waals surface area contributed by atoms with E-state index in [1.165, 1.54) is 5.56 Å². The molecule has 1 aromatic carbocycles. The van der Waals surface area contributed by atoms with E-state index in [2.05, 4.69) is 70.8 Å². The number of carbonyl (C=O) groups excluding carboxylic acids is 2. The van der Waals surface area contributed by atoms with Gasteiger partial charge in [0.05, 0.1) is 30.6 Å². The van der Waals surface area contributed by atoms with Crippen LogP contribution in [0.1, 0.15) is 90.2 Å². The molecule has 1 aromatic rings. The van der Waals surface area contributed by atoms with E-state index >= 15 is 0 Å². The highest BCUT2D eigenvalue weighted by molar-refractivity contribution is 6.74.